The molecule has 3 rings (SSSR count). The number of hydrogen-bond donors (Lipinski definition) is 3. The van der Waals surface area contributed by atoms with E-state index >= 15 is 0 Å². The number of nitrogens with one attached hydrogen (secondary N) is 3. The molecular weight excluding hydrogens is 393 g/mol. The molecule has 0 spiro atoms. The number of hydrogen-bond acceptors (Lipinski definition) is 5. The summed E-state index contributed by atoms with van der Waals surface area (Å²) in [5, 5.41) is 2.32. The van der Waals surface area contributed by atoms with Crippen LogP contribution in [0.15, 0.2) is 71.1 Å². The van der Waals surface area contributed by atoms with Crippen molar-refractivity contribution in [3.63, 3.8) is 0 Å². The molecule has 0 aliphatic heterocycles. The Morgan fingerprint density at radius 1 is 0.900 bits per heavy atom. The molecule has 0 unspecified atom stereocenters. The van der Waals surface area contributed by atoms with Crippen LogP contribution in [0, 0.1) is 5.82 Å². The van der Waals surface area contributed by atoms with Crippen molar-refractivity contribution in [2.75, 3.05) is 6.54 Å². The summed E-state index contributed by atoms with van der Waals surface area (Å²) >= 11 is 0. The fraction of sp³-hybridized carbons (Fsp3) is 0.0952. The highest BCUT2D eigenvalue weighted by Crippen LogP contribution is 2.13. The Kier molecular flexibility index (Phi) is 6.78. The molecule has 2 aromatic carbocycles. The van der Waals surface area contributed by atoms with Crippen LogP contribution in [0.4, 0.5) is 4.39 Å². The minimum absolute atomic E-state index is 0.0224. The zero-order valence-electron chi connectivity index (χ0n) is 15.7. The zero-order valence-corrected chi connectivity index (χ0v) is 15.7. The van der Waals surface area contributed by atoms with Gasteiger partial charge in [0.25, 0.3) is 11.8 Å². The summed E-state index contributed by atoms with van der Waals surface area (Å²) in [6.45, 7) is -0.278. The molecule has 0 saturated carbocycles. The van der Waals surface area contributed by atoms with E-state index in [1.54, 1.807) is 18.2 Å². The van der Waals surface area contributed by atoms with Gasteiger partial charge in [0.15, 0.2) is 5.76 Å². The zero-order chi connectivity index (χ0) is 21.3. The van der Waals surface area contributed by atoms with Gasteiger partial charge in [0.05, 0.1) is 6.54 Å². The number of hydrazine groups is 1. The molecule has 0 bridgehead atoms. The predicted octanol–water partition coefficient (Wildman–Crippen LogP) is 2.19. The van der Waals surface area contributed by atoms with Crippen molar-refractivity contribution in [3.8, 4) is 5.75 Å². The second-order valence-electron chi connectivity index (χ2n) is 6.06. The molecule has 0 saturated heterocycles. The first-order valence-electron chi connectivity index (χ1n) is 8.91. The highest BCUT2D eigenvalue weighted by Gasteiger charge is 2.13. The highest BCUT2D eigenvalue weighted by atomic mass is 19.1. The lowest BCUT2D eigenvalue weighted by atomic mass is 10.2. The van der Waals surface area contributed by atoms with Crippen LogP contribution in [0.2, 0.25) is 0 Å². The molecule has 1 heterocycles. The number of carbonyl (C=O) groups is 3. The van der Waals surface area contributed by atoms with E-state index in [0.29, 0.717) is 11.5 Å². The fourth-order valence-electron chi connectivity index (χ4n) is 2.37. The number of rotatable bonds is 7. The molecule has 3 aromatic rings. The van der Waals surface area contributed by atoms with Crippen molar-refractivity contribution >= 4 is 17.7 Å². The SMILES string of the molecule is O=C(CNC(=O)c1cccc(F)c1)NNC(=O)c1ccc(COc2ccccc2)o1. The summed E-state index contributed by atoms with van der Waals surface area (Å²) in [6, 6.07) is 17.2. The molecule has 0 radical (unpaired) electrons. The Bertz CT molecular complexity index is 1040. The Hall–Kier alpha value is -4.14. The molecule has 154 valence electrons. The smallest absolute Gasteiger partial charge is 0.305 e. The molecule has 3 amide bonds. The number of ether oxygens (including phenoxy) is 1. The second kappa shape index (κ2) is 9.87. The molecule has 1 aromatic heterocycles. The van der Waals surface area contributed by atoms with Crippen molar-refractivity contribution in [3.05, 3.63) is 89.6 Å². The summed E-state index contributed by atoms with van der Waals surface area (Å²) < 4.78 is 24.0. The number of halogens is 1. The van der Waals surface area contributed by atoms with E-state index in [9.17, 15) is 18.8 Å². The maximum absolute atomic E-state index is 13.1. The molecule has 8 nitrogen and oxygen atoms in total. The van der Waals surface area contributed by atoms with Gasteiger partial charge in [0.2, 0.25) is 0 Å². The van der Waals surface area contributed by atoms with Gasteiger partial charge in [-0.1, -0.05) is 24.3 Å². The molecule has 9 heteroatoms. The van der Waals surface area contributed by atoms with Gasteiger partial charge in [-0.05, 0) is 42.5 Å². The average molecular weight is 411 g/mol. The Morgan fingerprint density at radius 3 is 2.47 bits per heavy atom. The molecule has 30 heavy (non-hydrogen) atoms. The van der Waals surface area contributed by atoms with Crippen molar-refractivity contribution < 1.29 is 27.9 Å². The van der Waals surface area contributed by atoms with Crippen molar-refractivity contribution in [2.45, 2.75) is 6.61 Å². The van der Waals surface area contributed by atoms with Gasteiger partial charge in [0.1, 0.15) is 23.9 Å². The van der Waals surface area contributed by atoms with Crippen LogP contribution in [0.1, 0.15) is 26.7 Å². The largest absolute Gasteiger partial charge is 0.486 e. The number of carbonyl (C=O) groups excluding carboxylic acids is 3. The van der Waals surface area contributed by atoms with Crippen molar-refractivity contribution in [1.82, 2.24) is 16.2 Å². The van der Waals surface area contributed by atoms with E-state index in [1.807, 2.05) is 18.2 Å². The predicted molar refractivity (Wildman–Crippen MR) is 104 cm³/mol. The van der Waals surface area contributed by atoms with E-state index < -0.39 is 30.1 Å². The average Bonchev–Trinajstić information content (AvgIpc) is 3.24. The van der Waals surface area contributed by atoms with Gasteiger partial charge in [-0.2, -0.15) is 0 Å². The van der Waals surface area contributed by atoms with Crippen LogP contribution in [0.25, 0.3) is 0 Å². The van der Waals surface area contributed by atoms with Gasteiger partial charge in [-0.3, -0.25) is 25.2 Å². The van der Waals surface area contributed by atoms with Crippen LogP contribution >= 0.6 is 0 Å². The summed E-state index contributed by atoms with van der Waals surface area (Å²) in [7, 11) is 0. The normalized spacial score (nSPS) is 10.2. The lowest BCUT2D eigenvalue weighted by Gasteiger charge is -2.07. The second-order valence-corrected chi connectivity index (χ2v) is 6.06. The number of para-hydroxylation sites is 1. The fourth-order valence-corrected chi connectivity index (χ4v) is 2.37. The summed E-state index contributed by atoms with van der Waals surface area (Å²) in [5.74, 6) is -1.47. The van der Waals surface area contributed by atoms with Gasteiger partial charge < -0.3 is 14.5 Å². The first kappa shape index (κ1) is 20.6. The van der Waals surface area contributed by atoms with E-state index in [1.165, 1.54) is 24.3 Å². The van der Waals surface area contributed by atoms with Gasteiger partial charge >= 0.3 is 5.91 Å². The Labute approximate surface area is 171 Å². The van der Waals surface area contributed by atoms with Crippen molar-refractivity contribution in [2.24, 2.45) is 0 Å². The lowest BCUT2D eigenvalue weighted by Crippen LogP contribution is -2.46. The first-order chi connectivity index (χ1) is 14.5. The Morgan fingerprint density at radius 2 is 1.70 bits per heavy atom. The third-order valence-corrected chi connectivity index (χ3v) is 3.82. The first-order valence-corrected chi connectivity index (χ1v) is 8.91. The van der Waals surface area contributed by atoms with Crippen LogP contribution in [0.3, 0.4) is 0 Å². The maximum Gasteiger partial charge on any atom is 0.305 e. The summed E-state index contributed by atoms with van der Waals surface area (Å²) in [5.41, 5.74) is 4.40. The monoisotopic (exact) mass is 411 g/mol. The van der Waals surface area contributed by atoms with Crippen LogP contribution < -0.4 is 20.9 Å². The molecule has 3 N–H and O–H groups in total. The van der Waals surface area contributed by atoms with E-state index in [4.69, 9.17) is 9.15 Å². The van der Waals surface area contributed by atoms with E-state index in [2.05, 4.69) is 16.2 Å². The molecule has 0 fully saturated rings. The van der Waals surface area contributed by atoms with Crippen LogP contribution in [-0.2, 0) is 11.4 Å². The maximum atomic E-state index is 13.1. The lowest BCUT2D eigenvalue weighted by molar-refractivity contribution is -0.120. The molecule has 0 atom stereocenters. The minimum atomic E-state index is -0.675. The Balaban J connectivity index is 1.41. The topological polar surface area (TPSA) is 110 Å². The van der Waals surface area contributed by atoms with E-state index in [0.717, 1.165) is 6.07 Å². The quantitative estimate of drug-likeness (QED) is 0.517. The minimum Gasteiger partial charge on any atom is -0.486 e. The van der Waals surface area contributed by atoms with Crippen molar-refractivity contribution in [1.29, 1.82) is 0 Å². The standard InChI is InChI=1S/C21H18FN3O5/c22-15-6-4-5-14(11-15)20(27)23-12-19(26)24-25-21(28)18-10-9-17(30-18)13-29-16-7-2-1-3-8-16/h1-11H,12-13H2,(H,23,27)(H,24,26)(H,25,28). The summed E-state index contributed by atoms with van der Waals surface area (Å²) in [4.78, 5) is 35.7. The van der Waals surface area contributed by atoms with E-state index in [-0.39, 0.29) is 17.9 Å². The van der Waals surface area contributed by atoms with Gasteiger partial charge in [-0.15, -0.1) is 0 Å². The third-order valence-electron chi connectivity index (χ3n) is 3.82. The third kappa shape index (κ3) is 5.93. The highest BCUT2D eigenvalue weighted by molar-refractivity contribution is 5.97. The van der Waals surface area contributed by atoms with Crippen LogP contribution in [0.5, 0.6) is 5.75 Å². The van der Waals surface area contributed by atoms with Crippen LogP contribution in [-0.4, -0.2) is 24.3 Å². The molecule has 0 aliphatic rings. The van der Waals surface area contributed by atoms with Gasteiger partial charge in [-0.25, -0.2) is 4.39 Å². The molecule has 0 aliphatic carbocycles. The summed E-state index contributed by atoms with van der Waals surface area (Å²) in [6.07, 6.45) is 0. The number of amides is 3. The number of furan rings is 1. The van der Waals surface area contributed by atoms with Gasteiger partial charge in [0, 0.05) is 5.56 Å². The molecular formula is C21H18FN3O5. The number of benzene rings is 2.